The Balaban J connectivity index is 1.76. The van der Waals surface area contributed by atoms with Crippen molar-refractivity contribution in [2.75, 3.05) is 11.5 Å². The summed E-state index contributed by atoms with van der Waals surface area (Å²) in [4.78, 5) is 27.2. The van der Waals surface area contributed by atoms with E-state index in [1.54, 1.807) is 17.0 Å². The molecule has 6 heteroatoms. The maximum absolute atomic E-state index is 13.9. The highest BCUT2D eigenvalue weighted by Gasteiger charge is 2.37. The van der Waals surface area contributed by atoms with Crippen molar-refractivity contribution in [2.24, 2.45) is 0 Å². The molecule has 6 nitrogen and oxygen atoms in total. The molecule has 1 aliphatic rings. The average Bonchev–Trinajstić information content (AvgIpc) is 3.22. The summed E-state index contributed by atoms with van der Waals surface area (Å²) in [5.41, 5.74) is 2.85. The minimum Gasteiger partial charge on any atom is -0.493 e. The highest BCUT2D eigenvalue weighted by atomic mass is 16.5. The van der Waals surface area contributed by atoms with E-state index in [4.69, 9.17) is 9.47 Å². The van der Waals surface area contributed by atoms with Crippen LogP contribution in [0, 0.1) is 0 Å². The largest absolute Gasteiger partial charge is 0.493 e. The van der Waals surface area contributed by atoms with Crippen LogP contribution in [0.2, 0.25) is 0 Å². The minimum absolute atomic E-state index is 0.101. The van der Waals surface area contributed by atoms with Crippen molar-refractivity contribution in [1.82, 2.24) is 0 Å². The van der Waals surface area contributed by atoms with Crippen LogP contribution >= 0.6 is 0 Å². The molecule has 0 spiro atoms. The lowest BCUT2D eigenvalue weighted by Crippen LogP contribution is -2.23. The lowest BCUT2D eigenvalue weighted by Gasteiger charge is -2.19. The molecule has 1 aliphatic heterocycles. The van der Waals surface area contributed by atoms with Gasteiger partial charge in [0.25, 0.3) is 5.91 Å². The van der Waals surface area contributed by atoms with Gasteiger partial charge in [-0.25, -0.2) is 0 Å². The molecule has 0 fully saturated rings. The molecular weight excluding hydrogens is 466 g/mol. The Bertz CT molecular complexity index is 1260. The molecule has 1 amide bonds. The number of carboxylic acid groups (broad SMARTS) is 1. The standard InChI is InChI=1S/C31H37NO5/c1-5-7-8-11-18-36-28-24-12-9-10-13-25(24)29(37-20(3)4)27-26(28)19-32(30(27)33)22-16-14-21(15-17-22)23(6-2)31(34)35/h9-10,12-17,20,23H,5-8,11,18-19H2,1-4H3,(H,34,35). The van der Waals surface area contributed by atoms with E-state index in [1.165, 1.54) is 6.42 Å². The second-order valence-electron chi connectivity index (χ2n) is 9.92. The number of ether oxygens (including phenoxy) is 2. The normalized spacial score (nSPS) is 13.8. The van der Waals surface area contributed by atoms with Crippen LogP contribution in [0.25, 0.3) is 10.8 Å². The molecule has 1 heterocycles. The van der Waals surface area contributed by atoms with E-state index >= 15 is 0 Å². The molecule has 4 rings (SSSR count). The first-order valence-electron chi connectivity index (χ1n) is 13.4. The summed E-state index contributed by atoms with van der Waals surface area (Å²) in [6, 6.07) is 15.2. The van der Waals surface area contributed by atoms with Crippen LogP contribution in [0.3, 0.4) is 0 Å². The van der Waals surface area contributed by atoms with Gasteiger partial charge >= 0.3 is 5.97 Å². The van der Waals surface area contributed by atoms with E-state index in [-0.39, 0.29) is 12.0 Å². The molecule has 1 unspecified atom stereocenters. The van der Waals surface area contributed by atoms with Crippen LogP contribution in [-0.4, -0.2) is 29.7 Å². The monoisotopic (exact) mass is 503 g/mol. The lowest BCUT2D eigenvalue weighted by molar-refractivity contribution is -0.138. The first-order chi connectivity index (χ1) is 17.9. The third-order valence-electron chi connectivity index (χ3n) is 6.91. The van der Waals surface area contributed by atoms with Crippen LogP contribution in [-0.2, 0) is 11.3 Å². The summed E-state index contributed by atoms with van der Waals surface area (Å²) in [6.45, 7) is 8.93. The number of hydrogen-bond acceptors (Lipinski definition) is 4. The molecule has 3 aromatic carbocycles. The molecule has 0 saturated carbocycles. The van der Waals surface area contributed by atoms with Gasteiger partial charge < -0.3 is 19.5 Å². The predicted molar refractivity (Wildman–Crippen MR) is 147 cm³/mol. The van der Waals surface area contributed by atoms with Crippen molar-refractivity contribution in [3.63, 3.8) is 0 Å². The smallest absolute Gasteiger partial charge is 0.310 e. The van der Waals surface area contributed by atoms with Gasteiger partial charge in [-0.3, -0.25) is 9.59 Å². The number of rotatable bonds is 12. The summed E-state index contributed by atoms with van der Waals surface area (Å²) in [5.74, 6) is -0.194. The SMILES string of the molecule is CCCCCCOc1c2c(c(OC(C)C)c3ccccc13)C(=O)N(c1ccc(C(CC)C(=O)O)cc1)C2. The molecule has 0 saturated heterocycles. The number of hydrogen-bond donors (Lipinski definition) is 1. The summed E-state index contributed by atoms with van der Waals surface area (Å²) in [5, 5.41) is 11.3. The number of carboxylic acids is 1. The van der Waals surface area contributed by atoms with E-state index < -0.39 is 11.9 Å². The quantitative estimate of drug-likeness (QED) is 0.262. The number of unbranched alkanes of at least 4 members (excludes halogenated alkanes) is 3. The molecule has 0 aliphatic carbocycles. The van der Waals surface area contributed by atoms with Gasteiger partial charge in [0.15, 0.2) is 0 Å². The fraction of sp³-hybridized carbons (Fsp3) is 0.419. The van der Waals surface area contributed by atoms with Gasteiger partial charge in [-0.1, -0.05) is 69.5 Å². The van der Waals surface area contributed by atoms with Crippen LogP contribution in [0.1, 0.15) is 87.2 Å². The van der Waals surface area contributed by atoms with E-state index in [1.807, 2.05) is 57.2 Å². The maximum Gasteiger partial charge on any atom is 0.310 e. The van der Waals surface area contributed by atoms with Crippen LogP contribution in [0.4, 0.5) is 5.69 Å². The molecule has 1 atom stereocenters. The fourth-order valence-electron chi connectivity index (χ4n) is 5.04. The summed E-state index contributed by atoms with van der Waals surface area (Å²) in [6.07, 6.45) is 4.81. The fourth-order valence-corrected chi connectivity index (χ4v) is 5.04. The first kappa shape index (κ1) is 26.5. The zero-order chi connectivity index (χ0) is 26.5. The Morgan fingerprint density at radius 2 is 1.65 bits per heavy atom. The van der Waals surface area contributed by atoms with Gasteiger partial charge in [0.05, 0.1) is 30.7 Å². The molecule has 1 N–H and O–H groups in total. The van der Waals surface area contributed by atoms with Crippen molar-refractivity contribution in [3.8, 4) is 11.5 Å². The van der Waals surface area contributed by atoms with Gasteiger partial charge in [0.2, 0.25) is 0 Å². The van der Waals surface area contributed by atoms with E-state index in [0.29, 0.717) is 30.9 Å². The molecule has 3 aromatic rings. The van der Waals surface area contributed by atoms with Crippen LogP contribution < -0.4 is 14.4 Å². The first-order valence-corrected chi connectivity index (χ1v) is 13.4. The summed E-state index contributed by atoms with van der Waals surface area (Å²) < 4.78 is 12.7. The van der Waals surface area contributed by atoms with E-state index in [2.05, 4.69) is 6.92 Å². The summed E-state index contributed by atoms with van der Waals surface area (Å²) in [7, 11) is 0. The van der Waals surface area contributed by atoms with Crippen molar-refractivity contribution in [3.05, 3.63) is 65.2 Å². The Kier molecular flexibility index (Phi) is 8.37. The number of benzene rings is 3. The van der Waals surface area contributed by atoms with E-state index in [9.17, 15) is 14.7 Å². The molecule has 0 bridgehead atoms. The Labute approximate surface area is 219 Å². The van der Waals surface area contributed by atoms with Crippen LogP contribution in [0.15, 0.2) is 48.5 Å². The number of anilines is 1. The van der Waals surface area contributed by atoms with Gasteiger partial charge in [-0.2, -0.15) is 0 Å². The average molecular weight is 504 g/mol. The number of nitrogens with zero attached hydrogens (tertiary/aromatic N) is 1. The number of fused-ring (bicyclic) bond motifs is 2. The highest BCUT2D eigenvalue weighted by molar-refractivity contribution is 6.16. The minimum atomic E-state index is -0.845. The van der Waals surface area contributed by atoms with Crippen molar-refractivity contribution < 1.29 is 24.2 Å². The van der Waals surface area contributed by atoms with Crippen molar-refractivity contribution in [2.45, 2.75) is 78.4 Å². The zero-order valence-corrected chi connectivity index (χ0v) is 22.3. The van der Waals surface area contributed by atoms with Gasteiger partial charge in [0.1, 0.15) is 11.5 Å². The molecule has 37 heavy (non-hydrogen) atoms. The third-order valence-corrected chi connectivity index (χ3v) is 6.91. The van der Waals surface area contributed by atoms with Crippen molar-refractivity contribution in [1.29, 1.82) is 0 Å². The Morgan fingerprint density at radius 1 is 0.973 bits per heavy atom. The predicted octanol–water partition coefficient (Wildman–Crippen LogP) is 7.32. The van der Waals surface area contributed by atoms with Gasteiger partial charge in [0, 0.05) is 22.0 Å². The number of aliphatic carboxylic acids is 1. The van der Waals surface area contributed by atoms with Crippen LogP contribution in [0.5, 0.6) is 11.5 Å². The molecule has 0 radical (unpaired) electrons. The zero-order valence-electron chi connectivity index (χ0n) is 22.3. The third kappa shape index (κ3) is 5.43. The lowest BCUT2D eigenvalue weighted by atomic mass is 9.96. The van der Waals surface area contributed by atoms with Crippen molar-refractivity contribution >= 4 is 28.3 Å². The number of carbonyl (C=O) groups excluding carboxylic acids is 1. The van der Waals surface area contributed by atoms with Gasteiger partial charge in [-0.15, -0.1) is 0 Å². The number of carbonyl (C=O) groups is 2. The molecule has 0 aromatic heterocycles. The second-order valence-corrected chi connectivity index (χ2v) is 9.92. The van der Waals surface area contributed by atoms with Gasteiger partial charge in [-0.05, 0) is 44.4 Å². The topological polar surface area (TPSA) is 76.1 Å². The number of amides is 1. The Morgan fingerprint density at radius 3 is 2.24 bits per heavy atom. The molecule has 196 valence electrons. The Hall–Kier alpha value is -3.54. The summed E-state index contributed by atoms with van der Waals surface area (Å²) >= 11 is 0. The highest BCUT2D eigenvalue weighted by Crippen LogP contribution is 2.46. The second kappa shape index (κ2) is 11.7. The molecular formula is C31H37NO5. The van der Waals surface area contributed by atoms with E-state index in [0.717, 1.165) is 52.6 Å². The maximum atomic E-state index is 13.9.